The highest BCUT2D eigenvalue weighted by Crippen LogP contribution is 2.45. The predicted molar refractivity (Wildman–Crippen MR) is 145 cm³/mol. The van der Waals surface area contributed by atoms with Crippen molar-refractivity contribution in [2.45, 2.75) is 75.8 Å². The molecule has 0 aromatic heterocycles. The molecule has 1 heterocycles. The van der Waals surface area contributed by atoms with E-state index in [4.69, 9.17) is 9.47 Å². The molecule has 2 aliphatic carbocycles. The number of likely N-dealkylation sites (tertiary alicyclic amines) is 1. The van der Waals surface area contributed by atoms with Crippen LogP contribution in [0, 0.1) is 5.92 Å². The molecule has 0 radical (unpaired) electrons. The first-order valence-corrected chi connectivity index (χ1v) is 13.5. The Hall–Kier alpha value is -3.65. The second-order valence-corrected chi connectivity index (χ2v) is 11.7. The Morgan fingerprint density at radius 1 is 1.05 bits per heavy atom. The first-order chi connectivity index (χ1) is 18.5. The molecule has 2 aromatic rings. The van der Waals surface area contributed by atoms with Gasteiger partial charge in [-0.2, -0.15) is 0 Å². The maximum absolute atomic E-state index is 13.5. The number of carbonyl (C=O) groups excluding carboxylic acids is 2. The maximum Gasteiger partial charge on any atom is 0.411 e. The lowest BCUT2D eigenvalue weighted by Gasteiger charge is -2.28. The van der Waals surface area contributed by atoms with E-state index < -0.39 is 41.3 Å². The number of carboxylic acids is 1. The summed E-state index contributed by atoms with van der Waals surface area (Å²) in [7, 11) is 0. The van der Waals surface area contributed by atoms with Gasteiger partial charge in [0.1, 0.15) is 23.3 Å². The lowest BCUT2D eigenvalue weighted by atomic mass is 9.96. The Bertz CT molecular complexity index is 1250. The minimum Gasteiger partial charge on any atom is -0.479 e. The second kappa shape index (κ2) is 10.2. The van der Waals surface area contributed by atoms with Crippen LogP contribution in [-0.4, -0.2) is 57.8 Å². The number of nitrogens with zero attached hydrogens (tertiary/aromatic N) is 1. The van der Waals surface area contributed by atoms with Crippen molar-refractivity contribution in [3.05, 3.63) is 83.4 Å². The summed E-state index contributed by atoms with van der Waals surface area (Å²) < 4.78 is 12.4. The van der Waals surface area contributed by atoms with Crippen LogP contribution in [0.5, 0.6) is 0 Å². The molecule has 2 fully saturated rings. The molecule has 8 nitrogen and oxygen atoms in total. The lowest BCUT2D eigenvalue weighted by Crippen LogP contribution is -2.53. The van der Waals surface area contributed by atoms with Crippen LogP contribution in [0.25, 0.3) is 0 Å². The highest BCUT2D eigenvalue weighted by atomic mass is 16.6. The summed E-state index contributed by atoms with van der Waals surface area (Å²) in [6, 6.07) is 15.5. The zero-order chi connectivity index (χ0) is 27.9. The molecule has 0 bridgehead atoms. The Morgan fingerprint density at radius 3 is 2.15 bits per heavy atom. The molecule has 4 atom stereocenters. The quantitative estimate of drug-likeness (QED) is 0.534. The molecule has 1 aliphatic heterocycles. The fraction of sp³-hybridized carbons (Fsp3) is 0.452. The summed E-state index contributed by atoms with van der Waals surface area (Å²) >= 11 is 0. The standard InChI is InChI=1S/C31H36N2O6/c1-5-21-17-31(21,28(35)36)32-27(34)25-16-22(18-33(25)29(37)39-30(2,3)4)38-26-23-12-8-6-10-19(23)14-15-20-11-7-9-13-24(20)26/h5-13,21-22,25-26H,1,14-18H2,2-4H3,(H,32,34)(H,35,36)/t21-,22+,25-,31+/m0/s1. The Morgan fingerprint density at radius 2 is 1.64 bits per heavy atom. The molecule has 1 saturated heterocycles. The van der Waals surface area contributed by atoms with Crippen LogP contribution in [0.2, 0.25) is 0 Å². The normalized spacial score (nSPS) is 26.1. The molecule has 0 unspecified atom stereocenters. The molecule has 1 saturated carbocycles. The third-order valence-electron chi connectivity index (χ3n) is 7.89. The highest BCUT2D eigenvalue weighted by Gasteiger charge is 2.61. The van der Waals surface area contributed by atoms with Gasteiger partial charge in [-0.05, 0) is 62.3 Å². The summed E-state index contributed by atoms with van der Waals surface area (Å²) in [5.41, 5.74) is 2.43. The molecular weight excluding hydrogens is 496 g/mol. The molecular formula is C31H36N2O6. The van der Waals surface area contributed by atoms with Crippen molar-refractivity contribution >= 4 is 18.0 Å². The van der Waals surface area contributed by atoms with Gasteiger partial charge in [-0.1, -0.05) is 54.6 Å². The molecule has 2 N–H and O–H groups in total. The van der Waals surface area contributed by atoms with Crippen LogP contribution in [-0.2, 0) is 31.9 Å². The molecule has 5 rings (SSSR count). The van der Waals surface area contributed by atoms with Crippen LogP contribution in [0.3, 0.4) is 0 Å². The van der Waals surface area contributed by atoms with E-state index in [9.17, 15) is 19.5 Å². The van der Waals surface area contributed by atoms with Crippen molar-refractivity contribution < 1.29 is 29.0 Å². The average molecular weight is 533 g/mol. The van der Waals surface area contributed by atoms with Gasteiger partial charge in [-0.15, -0.1) is 6.58 Å². The van der Waals surface area contributed by atoms with E-state index in [0.717, 1.165) is 24.0 Å². The first-order valence-electron chi connectivity index (χ1n) is 13.5. The molecule has 39 heavy (non-hydrogen) atoms. The highest BCUT2D eigenvalue weighted by molar-refractivity contribution is 5.94. The van der Waals surface area contributed by atoms with Gasteiger partial charge >= 0.3 is 12.1 Å². The van der Waals surface area contributed by atoms with Crippen molar-refractivity contribution in [2.24, 2.45) is 5.92 Å². The zero-order valence-corrected chi connectivity index (χ0v) is 22.7. The van der Waals surface area contributed by atoms with E-state index in [1.807, 2.05) is 24.3 Å². The monoisotopic (exact) mass is 532 g/mol. The molecule has 3 aliphatic rings. The number of carbonyl (C=O) groups is 3. The van der Waals surface area contributed by atoms with Gasteiger partial charge in [0.25, 0.3) is 0 Å². The SMILES string of the molecule is C=C[C@H]1C[C@]1(NC(=O)[C@@H]1C[C@@H](OC2c3ccccc3CCc3ccccc32)CN1C(=O)OC(C)(C)C)C(=O)O. The van der Waals surface area contributed by atoms with Crippen LogP contribution in [0.4, 0.5) is 4.79 Å². The third-order valence-corrected chi connectivity index (χ3v) is 7.89. The summed E-state index contributed by atoms with van der Waals surface area (Å²) in [6.07, 6.45) is 2.38. The van der Waals surface area contributed by atoms with Crippen LogP contribution < -0.4 is 5.32 Å². The van der Waals surface area contributed by atoms with Gasteiger partial charge in [0, 0.05) is 12.3 Å². The summed E-state index contributed by atoms with van der Waals surface area (Å²) in [5, 5.41) is 12.5. The Balaban J connectivity index is 1.43. The van der Waals surface area contributed by atoms with Gasteiger partial charge < -0.3 is 19.9 Å². The van der Waals surface area contributed by atoms with E-state index >= 15 is 0 Å². The molecule has 206 valence electrons. The molecule has 2 amide bonds. The first kappa shape index (κ1) is 26.9. The zero-order valence-electron chi connectivity index (χ0n) is 22.7. The van der Waals surface area contributed by atoms with Gasteiger partial charge in [-0.3, -0.25) is 9.69 Å². The largest absolute Gasteiger partial charge is 0.479 e. The average Bonchev–Trinajstić information content (AvgIpc) is 3.48. The fourth-order valence-electron chi connectivity index (χ4n) is 5.80. The summed E-state index contributed by atoms with van der Waals surface area (Å²) in [6.45, 7) is 9.14. The number of hydrogen-bond donors (Lipinski definition) is 2. The van der Waals surface area contributed by atoms with E-state index in [1.54, 1.807) is 26.8 Å². The van der Waals surface area contributed by atoms with Crippen molar-refractivity contribution in [3.63, 3.8) is 0 Å². The molecule has 8 heteroatoms. The van der Waals surface area contributed by atoms with E-state index in [-0.39, 0.29) is 31.4 Å². The van der Waals surface area contributed by atoms with E-state index in [1.165, 1.54) is 16.0 Å². The van der Waals surface area contributed by atoms with Gasteiger partial charge in [0.05, 0.1) is 12.6 Å². The van der Waals surface area contributed by atoms with Crippen molar-refractivity contribution in [2.75, 3.05) is 6.54 Å². The second-order valence-electron chi connectivity index (χ2n) is 11.7. The number of rotatable bonds is 6. The van der Waals surface area contributed by atoms with Crippen LogP contribution >= 0.6 is 0 Å². The minimum absolute atomic E-state index is 0.152. The number of aryl methyl sites for hydroxylation is 2. The smallest absolute Gasteiger partial charge is 0.411 e. The number of amides is 2. The Kier molecular flexibility index (Phi) is 7.01. The molecule has 2 aromatic carbocycles. The van der Waals surface area contributed by atoms with Gasteiger partial charge in [0.2, 0.25) is 5.91 Å². The van der Waals surface area contributed by atoms with Gasteiger partial charge in [-0.25, -0.2) is 9.59 Å². The lowest BCUT2D eigenvalue weighted by molar-refractivity contribution is -0.144. The topological polar surface area (TPSA) is 105 Å². The number of hydrogen-bond acceptors (Lipinski definition) is 5. The van der Waals surface area contributed by atoms with Crippen molar-refractivity contribution in [1.82, 2.24) is 10.2 Å². The summed E-state index contributed by atoms with van der Waals surface area (Å²) in [4.78, 5) is 40.1. The number of aliphatic carboxylic acids is 1. The minimum atomic E-state index is -1.39. The number of benzene rings is 2. The van der Waals surface area contributed by atoms with E-state index in [0.29, 0.717) is 0 Å². The third kappa shape index (κ3) is 5.30. The Labute approximate surface area is 229 Å². The van der Waals surface area contributed by atoms with Gasteiger partial charge in [0.15, 0.2) is 0 Å². The maximum atomic E-state index is 13.5. The van der Waals surface area contributed by atoms with Crippen LogP contribution in [0.15, 0.2) is 61.2 Å². The van der Waals surface area contributed by atoms with Crippen molar-refractivity contribution in [1.29, 1.82) is 0 Å². The van der Waals surface area contributed by atoms with Crippen LogP contribution in [0.1, 0.15) is 62.0 Å². The number of carboxylic acid groups (broad SMARTS) is 1. The molecule has 0 spiro atoms. The van der Waals surface area contributed by atoms with E-state index in [2.05, 4.69) is 36.2 Å². The number of ether oxygens (including phenoxy) is 2. The summed E-state index contributed by atoms with van der Waals surface area (Å²) in [5.74, 6) is -2.00. The number of nitrogens with one attached hydrogen (secondary N) is 1. The number of fused-ring (bicyclic) bond motifs is 2. The fourth-order valence-corrected chi connectivity index (χ4v) is 5.80. The predicted octanol–water partition coefficient (Wildman–Crippen LogP) is 4.41. The van der Waals surface area contributed by atoms with Crippen molar-refractivity contribution in [3.8, 4) is 0 Å².